The zero-order valence-electron chi connectivity index (χ0n) is 15.8. The van der Waals surface area contributed by atoms with E-state index < -0.39 is 12.1 Å². The Morgan fingerprint density at radius 1 is 1.27 bits per heavy atom. The van der Waals surface area contributed by atoms with Gasteiger partial charge in [-0.3, -0.25) is 4.79 Å². The molecule has 6 heteroatoms. The van der Waals surface area contributed by atoms with Crippen LogP contribution in [0.1, 0.15) is 45.6 Å². The molecule has 1 fully saturated rings. The van der Waals surface area contributed by atoms with E-state index in [1.807, 2.05) is 18.7 Å². The number of esters is 1. The summed E-state index contributed by atoms with van der Waals surface area (Å²) in [7, 11) is 1.45. The number of nitrogens with zero attached hydrogens (tertiary/aromatic N) is 1. The van der Waals surface area contributed by atoms with Crippen molar-refractivity contribution in [1.82, 2.24) is 4.90 Å². The largest absolute Gasteiger partial charge is 0.504 e. The quantitative estimate of drug-likeness (QED) is 0.644. The number of hydrogen-bond acceptors (Lipinski definition) is 5. The first-order valence-electron chi connectivity index (χ1n) is 8.91. The Hall–Kier alpha value is -2.50. The molecule has 0 radical (unpaired) electrons. The van der Waals surface area contributed by atoms with Crippen LogP contribution < -0.4 is 4.74 Å². The Morgan fingerprint density at radius 3 is 2.54 bits per heavy atom. The second kappa shape index (κ2) is 8.74. The molecule has 1 N–H and O–H groups in total. The predicted octanol–water partition coefficient (Wildman–Crippen LogP) is 3.14. The topological polar surface area (TPSA) is 76.1 Å². The summed E-state index contributed by atoms with van der Waals surface area (Å²) in [6, 6.07) is 5.05. The predicted molar refractivity (Wildman–Crippen MR) is 98.9 cm³/mol. The lowest BCUT2D eigenvalue weighted by atomic mass is 9.97. The zero-order chi connectivity index (χ0) is 19.3. The fraction of sp³-hybridized carbons (Fsp3) is 0.500. The number of rotatable bonds is 5. The summed E-state index contributed by atoms with van der Waals surface area (Å²) in [6.07, 6.45) is 5.04. The molecule has 0 unspecified atom stereocenters. The van der Waals surface area contributed by atoms with E-state index in [9.17, 15) is 14.7 Å². The molecule has 1 heterocycles. The van der Waals surface area contributed by atoms with Crippen molar-refractivity contribution in [2.45, 2.75) is 58.2 Å². The highest BCUT2D eigenvalue weighted by Crippen LogP contribution is 2.27. The van der Waals surface area contributed by atoms with Gasteiger partial charge in [-0.05, 0) is 63.8 Å². The molecule has 1 aliphatic rings. The monoisotopic (exact) mass is 361 g/mol. The van der Waals surface area contributed by atoms with Crippen molar-refractivity contribution in [3.63, 3.8) is 0 Å². The number of aromatic hydroxyl groups is 1. The second-order valence-electron chi connectivity index (χ2n) is 6.72. The molecule has 26 heavy (non-hydrogen) atoms. The summed E-state index contributed by atoms with van der Waals surface area (Å²) in [5.41, 5.74) is 0.675. The SMILES string of the molecule is COc1cc(/C=C/C(=O)O[C@H](C)C(=O)N2[C@H](C)CCC[C@@H]2C)ccc1O. The average Bonchev–Trinajstić information content (AvgIpc) is 2.60. The lowest BCUT2D eigenvalue weighted by molar-refractivity contribution is -0.158. The minimum absolute atomic E-state index is 0.0243. The first-order chi connectivity index (χ1) is 12.3. The van der Waals surface area contributed by atoms with Gasteiger partial charge in [-0.1, -0.05) is 6.07 Å². The number of ether oxygens (including phenoxy) is 2. The van der Waals surface area contributed by atoms with E-state index in [0.29, 0.717) is 11.3 Å². The van der Waals surface area contributed by atoms with Crippen LogP contribution in [0.2, 0.25) is 0 Å². The Labute approximate surface area is 154 Å². The van der Waals surface area contributed by atoms with Gasteiger partial charge in [0.2, 0.25) is 0 Å². The second-order valence-corrected chi connectivity index (χ2v) is 6.72. The zero-order valence-corrected chi connectivity index (χ0v) is 15.8. The van der Waals surface area contributed by atoms with Gasteiger partial charge in [0.25, 0.3) is 5.91 Å². The Bertz CT molecular complexity index is 675. The van der Waals surface area contributed by atoms with Crippen molar-refractivity contribution < 1.29 is 24.2 Å². The van der Waals surface area contributed by atoms with E-state index >= 15 is 0 Å². The summed E-state index contributed by atoms with van der Waals surface area (Å²) >= 11 is 0. The molecular formula is C20H27NO5. The summed E-state index contributed by atoms with van der Waals surface area (Å²) in [6.45, 7) is 5.66. The molecule has 0 bridgehead atoms. The van der Waals surface area contributed by atoms with Crippen molar-refractivity contribution in [1.29, 1.82) is 0 Å². The van der Waals surface area contributed by atoms with Crippen LogP contribution in [0, 0.1) is 0 Å². The maximum Gasteiger partial charge on any atom is 0.331 e. The third-order valence-corrected chi connectivity index (χ3v) is 4.70. The molecule has 142 valence electrons. The van der Waals surface area contributed by atoms with E-state index in [1.165, 1.54) is 19.3 Å². The van der Waals surface area contributed by atoms with Crippen LogP contribution in [0.25, 0.3) is 6.08 Å². The molecule has 1 aromatic carbocycles. The van der Waals surface area contributed by atoms with Gasteiger partial charge in [0.15, 0.2) is 17.6 Å². The number of carbonyl (C=O) groups excluding carboxylic acids is 2. The van der Waals surface area contributed by atoms with Crippen LogP contribution >= 0.6 is 0 Å². The number of piperidine rings is 1. The van der Waals surface area contributed by atoms with Crippen molar-refractivity contribution in [3.8, 4) is 11.5 Å². The van der Waals surface area contributed by atoms with Crippen LogP contribution in [0.4, 0.5) is 0 Å². The molecule has 0 saturated carbocycles. The number of phenolic OH excluding ortho intramolecular Hbond substituents is 1. The van der Waals surface area contributed by atoms with Crippen molar-refractivity contribution in [3.05, 3.63) is 29.8 Å². The van der Waals surface area contributed by atoms with Gasteiger partial charge in [0.1, 0.15) is 0 Å². The lowest BCUT2D eigenvalue weighted by Gasteiger charge is -2.40. The van der Waals surface area contributed by atoms with Gasteiger partial charge in [0, 0.05) is 18.2 Å². The van der Waals surface area contributed by atoms with E-state index in [4.69, 9.17) is 9.47 Å². The van der Waals surface area contributed by atoms with Gasteiger partial charge in [-0.25, -0.2) is 4.79 Å². The van der Waals surface area contributed by atoms with Gasteiger partial charge in [0.05, 0.1) is 7.11 Å². The lowest BCUT2D eigenvalue weighted by Crippen LogP contribution is -2.51. The van der Waals surface area contributed by atoms with Crippen LogP contribution in [-0.2, 0) is 14.3 Å². The minimum Gasteiger partial charge on any atom is -0.504 e. The summed E-state index contributed by atoms with van der Waals surface area (Å²) in [5, 5.41) is 9.58. The number of likely N-dealkylation sites (tertiary alicyclic amines) is 1. The maximum absolute atomic E-state index is 12.6. The summed E-state index contributed by atoms with van der Waals surface area (Å²) in [5.74, 6) is -0.402. The maximum atomic E-state index is 12.6. The molecule has 0 spiro atoms. The van der Waals surface area contributed by atoms with Gasteiger partial charge < -0.3 is 19.5 Å². The highest BCUT2D eigenvalue weighted by atomic mass is 16.5. The van der Waals surface area contributed by atoms with Gasteiger partial charge >= 0.3 is 5.97 Å². The third kappa shape index (κ3) is 4.77. The molecule has 1 aromatic rings. The fourth-order valence-electron chi connectivity index (χ4n) is 3.29. The fourth-order valence-corrected chi connectivity index (χ4v) is 3.29. The van der Waals surface area contributed by atoms with Crippen LogP contribution in [0.5, 0.6) is 11.5 Å². The van der Waals surface area contributed by atoms with Crippen molar-refractivity contribution in [2.75, 3.05) is 7.11 Å². The Morgan fingerprint density at radius 2 is 1.92 bits per heavy atom. The van der Waals surface area contributed by atoms with Gasteiger partial charge in [-0.2, -0.15) is 0 Å². The van der Waals surface area contributed by atoms with E-state index in [0.717, 1.165) is 19.3 Å². The standard InChI is InChI=1S/C20H27NO5/c1-13-6-5-7-14(2)21(13)20(24)15(3)26-19(23)11-9-16-8-10-17(22)18(12-16)25-4/h8-15,22H,5-7H2,1-4H3/b11-9+/t13-,14+,15-/m1/s1. The number of amides is 1. The van der Waals surface area contributed by atoms with E-state index in [1.54, 1.807) is 25.1 Å². The Kier molecular flexibility index (Phi) is 6.66. The molecule has 0 aliphatic carbocycles. The molecular weight excluding hydrogens is 334 g/mol. The van der Waals surface area contributed by atoms with Crippen LogP contribution in [0.3, 0.4) is 0 Å². The molecule has 1 amide bonds. The molecule has 6 nitrogen and oxygen atoms in total. The first kappa shape index (κ1) is 19.8. The van der Waals surface area contributed by atoms with Crippen LogP contribution in [-0.4, -0.2) is 47.2 Å². The molecule has 2 rings (SSSR count). The van der Waals surface area contributed by atoms with E-state index in [-0.39, 0.29) is 23.7 Å². The number of hydrogen-bond donors (Lipinski definition) is 1. The number of methoxy groups -OCH3 is 1. The summed E-state index contributed by atoms with van der Waals surface area (Å²) in [4.78, 5) is 26.5. The van der Waals surface area contributed by atoms with Crippen molar-refractivity contribution >= 4 is 18.0 Å². The highest BCUT2D eigenvalue weighted by molar-refractivity contribution is 5.90. The molecule has 1 aliphatic heterocycles. The van der Waals surface area contributed by atoms with Gasteiger partial charge in [-0.15, -0.1) is 0 Å². The molecule has 1 saturated heterocycles. The average molecular weight is 361 g/mol. The molecule has 3 atom stereocenters. The van der Waals surface area contributed by atoms with E-state index in [2.05, 4.69) is 0 Å². The smallest absolute Gasteiger partial charge is 0.331 e. The molecule has 0 aromatic heterocycles. The van der Waals surface area contributed by atoms with Crippen LogP contribution in [0.15, 0.2) is 24.3 Å². The number of benzene rings is 1. The highest BCUT2D eigenvalue weighted by Gasteiger charge is 2.32. The summed E-state index contributed by atoms with van der Waals surface area (Å²) < 4.78 is 10.3. The first-order valence-corrected chi connectivity index (χ1v) is 8.91. The number of carbonyl (C=O) groups is 2. The number of phenols is 1. The van der Waals surface area contributed by atoms with Crippen molar-refractivity contribution in [2.24, 2.45) is 0 Å². The Balaban J connectivity index is 1.97. The normalized spacial score (nSPS) is 21.5. The minimum atomic E-state index is -0.829. The third-order valence-electron chi connectivity index (χ3n) is 4.70.